The maximum atomic E-state index is 13.0. The topological polar surface area (TPSA) is 75.4 Å². The Hall–Kier alpha value is -2.86. The number of Topliss-reactive ketones (excluding diaryl/α,β-unsaturated/α-hetero) is 1. The first-order chi connectivity index (χ1) is 13.5. The second kappa shape index (κ2) is 7.64. The molecule has 0 aliphatic carbocycles. The number of likely N-dealkylation sites (tertiary alicyclic amines) is 1. The molecule has 1 aliphatic rings. The zero-order valence-corrected chi connectivity index (χ0v) is 16.2. The molecule has 1 N–H and O–H groups in total. The van der Waals surface area contributed by atoms with E-state index in [1.807, 2.05) is 0 Å². The average Bonchev–Trinajstić information content (AvgIpc) is 3.33. The van der Waals surface area contributed by atoms with E-state index in [0.717, 1.165) is 11.9 Å². The van der Waals surface area contributed by atoms with Gasteiger partial charge in [-0.2, -0.15) is 4.98 Å². The van der Waals surface area contributed by atoms with Gasteiger partial charge in [0.05, 0.1) is 5.56 Å². The van der Waals surface area contributed by atoms with Gasteiger partial charge < -0.3 is 14.6 Å². The van der Waals surface area contributed by atoms with Crippen molar-refractivity contribution in [1.82, 2.24) is 9.88 Å². The van der Waals surface area contributed by atoms with Crippen LogP contribution in [0.1, 0.15) is 40.5 Å². The largest absolute Gasteiger partial charge is 0.423 e. The molecule has 0 radical (unpaired) electrons. The van der Waals surface area contributed by atoms with E-state index in [2.05, 4.69) is 10.3 Å². The number of halogens is 1. The summed E-state index contributed by atoms with van der Waals surface area (Å²) in [6, 6.07) is 12.7. The van der Waals surface area contributed by atoms with E-state index in [1.54, 1.807) is 54.3 Å². The van der Waals surface area contributed by atoms with Crippen LogP contribution in [0.2, 0.25) is 5.02 Å². The molecule has 144 valence electrons. The molecule has 7 heteroatoms. The van der Waals surface area contributed by atoms with Crippen molar-refractivity contribution in [3.63, 3.8) is 0 Å². The fourth-order valence-corrected chi connectivity index (χ4v) is 3.63. The van der Waals surface area contributed by atoms with Crippen LogP contribution in [0.4, 0.5) is 6.01 Å². The molecule has 28 heavy (non-hydrogen) atoms. The molecule has 1 aliphatic heterocycles. The van der Waals surface area contributed by atoms with Gasteiger partial charge in [0.2, 0.25) is 0 Å². The lowest BCUT2D eigenvalue weighted by Crippen LogP contribution is -2.32. The number of amides is 1. The highest BCUT2D eigenvalue weighted by molar-refractivity contribution is 6.31. The zero-order valence-electron chi connectivity index (χ0n) is 15.4. The normalized spacial score (nSPS) is 16.5. The van der Waals surface area contributed by atoms with E-state index < -0.39 is 0 Å². The number of nitrogens with zero attached hydrogens (tertiary/aromatic N) is 2. The van der Waals surface area contributed by atoms with Gasteiger partial charge in [-0.1, -0.05) is 36.7 Å². The molecule has 1 atom stereocenters. The predicted octanol–water partition coefficient (Wildman–Crippen LogP) is 4.40. The second-order valence-electron chi connectivity index (χ2n) is 6.83. The van der Waals surface area contributed by atoms with Gasteiger partial charge in [0, 0.05) is 42.2 Å². The SMILES string of the molecule is CCC(=O)c1ccccc1C(=O)N1CC[C@@H](Nc2nc3ccc(Cl)cc3o2)C1. The van der Waals surface area contributed by atoms with Crippen molar-refractivity contribution < 1.29 is 14.0 Å². The first kappa shape index (κ1) is 18.5. The van der Waals surface area contributed by atoms with Crippen LogP contribution in [-0.4, -0.2) is 40.7 Å². The highest BCUT2D eigenvalue weighted by Gasteiger charge is 2.29. The van der Waals surface area contributed by atoms with E-state index in [9.17, 15) is 9.59 Å². The summed E-state index contributed by atoms with van der Waals surface area (Å²) in [6.45, 7) is 2.93. The molecular formula is C21H20ClN3O3. The number of ketones is 1. The molecule has 1 saturated heterocycles. The van der Waals surface area contributed by atoms with Crippen LogP contribution in [-0.2, 0) is 0 Å². The first-order valence-corrected chi connectivity index (χ1v) is 9.67. The predicted molar refractivity (Wildman–Crippen MR) is 108 cm³/mol. The molecule has 0 bridgehead atoms. The van der Waals surface area contributed by atoms with Gasteiger partial charge in [-0.25, -0.2) is 0 Å². The molecule has 2 heterocycles. The van der Waals surface area contributed by atoms with Crippen molar-refractivity contribution in [3.8, 4) is 0 Å². The third-order valence-corrected chi connectivity index (χ3v) is 5.17. The van der Waals surface area contributed by atoms with Gasteiger partial charge >= 0.3 is 0 Å². The monoisotopic (exact) mass is 397 g/mol. The Morgan fingerprint density at radius 2 is 2.04 bits per heavy atom. The third kappa shape index (κ3) is 3.60. The number of nitrogens with one attached hydrogen (secondary N) is 1. The number of carbonyl (C=O) groups excluding carboxylic acids is 2. The maximum absolute atomic E-state index is 13.0. The fourth-order valence-electron chi connectivity index (χ4n) is 3.47. The molecule has 0 unspecified atom stereocenters. The van der Waals surface area contributed by atoms with Gasteiger partial charge in [-0.3, -0.25) is 9.59 Å². The van der Waals surface area contributed by atoms with Crippen LogP contribution in [0.25, 0.3) is 11.1 Å². The minimum Gasteiger partial charge on any atom is -0.423 e. The molecular weight excluding hydrogens is 378 g/mol. The Balaban J connectivity index is 1.46. The van der Waals surface area contributed by atoms with Crippen molar-refractivity contribution in [3.05, 3.63) is 58.6 Å². The Morgan fingerprint density at radius 3 is 2.82 bits per heavy atom. The first-order valence-electron chi connectivity index (χ1n) is 9.29. The van der Waals surface area contributed by atoms with Gasteiger partial charge in [0.25, 0.3) is 11.9 Å². The number of hydrogen-bond donors (Lipinski definition) is 1. The van der Waals surface area contributed by atoms with Gasteiger partial charge in [-0.15, -0.1) is 0 Å². The van der Waals surface area contributed by atoms with Crippen molar-refractivity contribution in [2.24, 2.45) is 0 Å². The Morgan fingerprint density at radius 1 is 1.25 bits per heavy atom. The molecule has 1 amide bonds. The van der Waals surface area contributed by atoms with Crippen molar-refractivity contribution in [2.75, 3.05) is 18.4 Å². The van der Waals surface area contributed by atoms with Crippen LogP contribution in [0.3, 0.4) is 0 Å². The molecule has 3 aromatic rings. The van der Waals surface area contributed by atoms with Gasteiger partial charge in [0.15, 0.2) is 11.4 Å². The second-order valence-corrected chi connectivity index (χ2v) is 7.27. The van der Waals surface area contributed by atoms with Crippen LogP contribution in [0.5, 0.6) is 0 Å². The van der Waals surface area contributed by atoms with E-state index in [0.29, 0.717) is 47.3 Å². The van der Waals surface area contributed by atoms with Crippen LogP contribution in [0.15, 0.2) is 46.9 Å². The summed E-state index contributed by atoms with van der Waals surface area (Å²) in [4.78, 5) is 31.3. The molecule has 6 nitrogen and oxygen atoms in total. The van der Waals surface area contributed by atoms with E-state index in [4.69, 9.17) is 16.0 Å². The summed E-state index contributed by atoms with van der Waals surface area (Å²) in [5, 5.41) is 3.84. The number of rotatable bonds is 5. The zero-order chi connectivity index (χ0) is 19.7. The van der Waals surface area contributed by atoms with Crippen LogP contribution < -0.4 is 5.32 Å². The fraction of sp³-hybridized carbons (Fsp3) is 0.286. The number of oxazole rings is 1. The summed E-state index contributed by atoms with van der Waals surface area (Å²) in [7, 11) is 0. The maximum Gasteiger partial charge on any atom is 0.295 e. The summed E-state index contributed by atoms with van der Waals surface area (Å²) in [5.74, 6) is -0.144. The van der Waals surface area contributed by atoms with Gasteiger partial charge in [-0.05, 0) is 24.6 Å². The average molecular weight is 398 g/mol. The Bertz CT molecular complexity index is 1050. The molecule has 1 fully saturated rings. The van der Waals surface area contributed by atoms with Crippen LogP contribution >= 0.6 is 11.6 Å². The quantitative estimate of drug-likeness (QED) is 0.646. The highest BCUT2D eigenvalue weighted by atomic mass is 35.5. The number of carbonyl (C=O) groups is 2. The van der Waals surface area contributed by atoms with Gasteiger partial charge in [0.1, 0.15) is 5.52 Å². The number of aromatic nitrogens is 1. The number of anilines is 1. The molecule has 0 saturated carbocycles. The van der Waals surface area contributed by atoms with Crippen LogP contribution in [0, 0.1) is 0 Å². The lowest BCUT2D eigenvalue weighted by Gasteiger charge is -2.18. The van der Waals surface area contributed by atoms with E-state index in [-0.39, 0.29) is 17.7 Å². The highest BCUT2D eigenvalue weighted by Crippen LogP contribution is 2.25. The summed E-state index contributed by atoms with van der Waals surface area (Å²) in [6.07, 6.45) is 1.14. The number of fused-ring (bicyclic) bond motifs is 1. The smallest absolute Gasteiger partial charge is 0.295 e. The Labute approximate surface area is 167 Å². The lowest BCUT2D eigenvalue weighted by molar-refractivity contribution is 0.0785. The lowest BCUT2D eigenvalue weighted by atomic mass is 10.0. The standard InChI is InChI=1S/C21H20ClN3O3/c1-2-18(26)15-5-3-4-6-16(15)20(27)25-10-9-14(12-25)23-21-24-17-8-7-13(22)11-19(17)28-21/h3-8,11,14H,2,9-10,12H2,1H3,(H,23,24)/t14-/m1/s1. The summed E-state index contributed by atoms with van der Waals surface area (Å²) >= 11 is 5.98. The molecule has 2 aromatic carbocycles. The molecule has 0 spiro atoms. The molecule has 1 aromatic heterocycles. The third-order valence-electron chi connectivity index (χ3n) is 4.93. The number of hydrogen-bond acceptors (Lipinski definition) is 5. The Kier molecular flexibility index (Phi) is 5.05. The van der Waals surface area contributed by atoms with Crippen molar-refractivity contribution in [1.29, 1.82) is 0 Å². The summed E-state index contributed by atoms with van der Waals surface area (Å²) < 4.78 is 5.70. The van der Waals surface area contributed by atoms with E-state index >= 15 is 0 Å². The van der Waals surface area contributed by atoms with Crippen molar-refractivity contribution in [2.45, 2.75) is 25.8 Å². The minimum atomic E-state index is -0.119. The number of benzene rings is 2. The van der Waals surface area contributed by atoms with E-state index in [1.165, 1.54) is 0 Å². The van der Waals surface area contributed by atoms with Crippen molar-refractivity contribution >= 4 is 40.4 Å². The minimum absolute atomic E-state index is 0.0250. The molecule has 4 rings (SSSR count). The summed E-state index contributed by atoms with van der Waals surface area (Å²) in [5.41, 5.74) is 2.30.